The first-order chi connectivity index (χ1) is 59.2. The Kier molecular flexibility index (Phi) is 58.7. The molecule has 691 valence electrons. The van der Waals surface area contributed by atoms with E-state index in [1.165, 1.54) is 44.4 Å². The largest absolute Gasteiger partial charge is 0.508 e. The average Bonchev–Trinajstić information content (AvgIpc) is 1.66. The fourth-order valence-corrected chi connectivity index (χ4v) is 14.7. The SMILES string of the molecule is C=CC(=O)C(C)C.CC(=O)C(C)C.CC(=O)CCC(C)C.CC(C)Cc1ccc2c(c1)C(=O)C(=O)C2.CC(C)[Se]c1ccccc1.CC(C)c1cc(I)c(O)c(I)c1.CC(C)c1ccc(CC(=O)c2ccccc2[Se])cc1.CC(C)c1ccc(N)c(N)c1.Cc1ccc(C(C)C)cc1.Cc1ccc(COC(=O)C(C)C)cc1O.Cc1ccc(OC(C)C)c([N+](=O)[O-])c1. The van der Waals surface area contributed by atoms with Gasteiger partial charge >= 0.3 is 203 Å². The molecule has 0 bridgehead atoms. The van der Waals surface area contributed by atoms with Crippen molar-refractivity contribution in [3.63, 3.8) is 0 Å². The van der Waals surface area contributed by atoms with Crippen molar-refractivity contribution in [2.24, 2.45) is 29.6 Å². The Hall–Kier alpha value is -8.89. The number of nitrogens with zero attached hydrogens (tertiary/aromatic N) is 1. The van der Waals surface area contributed by atoms with E-state index in [4.69, 9.17) is 20.9 Å². The molecule has 0 heterocycles. The van der Waals surface area contributed by atoms with Crippen LogP contribution in [0.2, 0.25) is 4.82 Å². The number of ketones is 6. The normalized spacial score (nSPS) is 10.8. The van der Waals surface area contributed by atoms with Crippen LogP contribution in [0.15, 0.2) is 201 Å². The number of nitrogen functional groups attached to an aromatic ring is 2. The number of Topliss-reactive ketones (excluding diaryl/α,β-unsaturated/α-hetero) is 5. The number of fused-ring (bicyclic) bond motifs is 1. The number of ether oxygens (including phenoxy) is 2. The Morgan fingerprint density at radius 3 is 1.48 bits per heavy atom. The molecule has 0 aliphatic heterocycles. The van der Waals surface area contributed by atoms with Gasteiger partial charge in [-0.05, 0) is 229 Å². The number of benzene rings is 9. The van der Waals surface area contributed by atoms with Crippen LogP contribution in [-0.4, -0.2) is 92.9 Å². The molecule has 9 aromatic carbocycles. The van der Waals surface area contributed by atoms with Crippen LogP contribution >= 0.6 is 45.2 Å². The molecule has 1 aliphatic rings. The molecule has 127 heavy (non-hydrogen) atoms. The third kappa shape index (κ3) is 51.2. The van der Waals surface area contributed by atoms with E-state index in [0.29, 0.717) is 91.1 Å². The van der Waals surface area contributed by atoms with Gasteiger partial charge in [-0.1, -0.05) is 184 Å². The standard InChI is InChI=1S/C17H17OSe.C13H14O2.C12H16O3.C10H13NO3.C10H14.C9H10I2O.C9H14N2.C9H12Se.C7H14O.C6H10O.C5H10O/c1-12(2)14-9-7-13(8-10-14)11-16(18)15-5-3-4-6-17(15)19;1-8(2)5-9-3-4-10-7-12(14)13(15)11(10)6-9;1-8(2)12(14)15-7-10-5-4-9(3)11(13)6-10;1-7(2)14-10-5-4-8(3)6-9(10)11(12)13;1-8(2)10-6-4-9(3)5-7-10;1-5(2)6-3-7(10)9(12)8(11)4-6;1-6(2)7-3-4-8(10)9(11)5-7;1-8(2)10-9-6-4-3-5-7-9;1-6(2)4-5-7(3)8;1-4-6(7)5(2)3;1-4(2)5(3)6/h3-10,12H,11H2,1-2H3;3-4,6,8H,5,7H2,1-2H3;4-6,8,13H,7H2,1-3H3;4-7H,1-3H3;4-8H,1-3H3;3-5,12H,1-2H3;3-6H,10-11H2,1-2H3;3-8H,1-2H3;6H,4-5H2,1-3H3;4-5H,1H2,2-3H3;4H,1-3H3. The Morgan fingerprint density at radius 2 is 1.06 bits per heavy atom. The molecule has 0 spiro atoms. The molecular formula is C107H144I2N3O13Se2. The maximum absolute atomic E-state index is 12.2. The summed E-state index contributed by atoms with van der Waals surface area (Å²) in [5, 5.41) is 29.6. The number of halogens is 2. The van der Waals surface area contributed by atoms with Crippen LogP contribution < -0.4 is 25.1 Å². The van der Waals surface area contributed by atoms with Crippen LogP contribution in [-0.2, 0) is 54.6 Å². The van der Waals surface area contributed by atoms with Crippen LogP contribution in [0, 0.1) is 67.6 Å². The van der Waals surface area contributed by atoms with E-state index in [2.05, 4.69) is 250 Å². The number of aromatic hydroxyl groups is 2. The van der Waals surface area contributed by atoms with Crippen LogP contribution in [0.25, 0.3) is 0 Å². The van der Waals surface area contributed by atoms with Gasteiger partial charge in [0.05, 0.1) is 35.5 Å². The quantitative estimate of drug-likeness (QED) is 0.00533. The smallest absolute Gasteiger partial charge is 0.311 e. The summed E-state index contributed by atoms with van der Waals surface area (Å²) >= 11 is 7.92. The van der Waals surface area contributed by atoms with Gasteiger partial charge in [-0.15, -0.1) is 0 Å². The van der Waals surface area contributed by atoms with E-state index in [-0.39, 0.29) is 83.2 Å². The van der Waals surface area contributed by atoms with Gasteiger partial charge in [0.25, 0.3) is 0 Å². The van der Waals surface area contributed by atoms with Crippen molar-refractivity contribution in [2.45, 2.75) is 260 Å². The van der Waals surface area contributed by atoms with Gasteiger partial charge in [-0.25, -0.2) is 0 Å². The topological polar surface area (TPSA) is 274 Å². The van der Waals surface area contributed by atoms with Gasteiger partial charge in [0, 0.05) is 36.3 Å². The number of carbonyl (C=O) groups is 7. The number of nitro benzene ring substituents is 1. The van der Waals surface area contributed by atoms with Gasteiger partial charge in [0.2, 0.25) is 11.6 Å². The van der Waals surface area contributed by atoms with Crippen molar-refractivity contribution in [3.8, 4) is 17.2 Å². The van der Waals surface area contributed by atoms with E-state index in [1.54, 1.807) is 52.0 Å². The number of phenolic OH excluding ortho intramolecular Hbond substituents is 2. The van der Waals surface area contributed by atoms with E-state index in [9.17, 15) is 53.9 Å². The third-order valence-corrected chi connectivity index (χ3v) is 23.2. The van der Waals surface area contributed by atoms with Crippen molar-refractivity contribution in [1.29, 1.82) is 0 Å². The van der Waals surface area contributed by atoms with E-state index in [0.717, 1.165) is 74.6 Å². The zero-order chi connectivity index (χ0) is 97.2. The minimum Gasteiger partial charge on any atom is -0.508 e. The van der Waals surface area contributed by atoms with E-state index in [1.807, 2.05) is 134 Å². The predicted octanol–water partition coefficient (Wildman–Crippen LogP) is 25.6. The number of rotatable bonds is 23. The maximum Gasteiger partial charge on any atom is 0.311 e. The molecule has 0 unspecified atom stereocenters. The van der Waals surface area contributed by atoms with Crippen molar-refractivity contribution in [2.75, 3.05) is 11.5 Å². The Morgan fingerprint density at radius 1 is 0.559 bits per heavy atom. The molecule has 0 aromatic heterocycles. The van der Waals surface area contributed by atoms with E-state index >= 15 is 0 Å². The summed E-state index contributed by atoms with van der Waals surface area (Å²) < 4.78 is 14.6. The number of anilines is 2. The first-order valence-electron chi connectivity index (χ1n) is 43.4. The molecule has 10 rings (SSSR count). The molecule has 0 amide bonds. The zero-order valence-corrected chi connectivity index (χ0v) is 88.1. The molecule has 6 N–H and O–H groups in total. The molecule has 0 saturated carbocycles. The molecule has 20 heteroatoms. The summed E-state index contributed by atoms with van der Waals surface area (Å²) in [5.41, 5.74) is 26.1. The molecule has 0 saturated heterocycles. The maximum atomic E-state index is 12.2. The van der Waals surface area contributed by atoms with Crippen molar-refractivity contribution < 1.29 is 58.2 Å². The summed E-state index contributed by atoms with van der Waals surface area (Å²) in [4.78, 5) is 88.1. The molecule has 9 aromatic rings. The number of allylic oxidation sites excluding steroid dienone is 1. The van der Waals surface area contributed by atoms with Crippen molar-refractivity contribution in [3.05, 3.63) is 290 Å². The second-order valence-electron chi connectivity index (χ2n) is 34.5. The average molecular weight is 2090 g/mol. The number of hydrogen-bond donors (Lipinski definition) is 4. The van der Waals surface area contributed by atoms with Gasteiger partial charge in [-0.2, -0.15) is 0 Å². The van der Waals surface area contributed by atoms with Crippen LogP contribution in [0.5, 0.6) is 17.2 Å². The second-order valence-corrected chi connectivity index (χ2v) is 41.2. The van der Waals surface area contributed by atoms with Crippen LogP contribution in [0.3, 0.4) is 0 Å². The fourth-order valence-electron chi connectivity index (χ4n) is 10.5. The Bertz CT molecular complexity index is 4840. The second kappa shape index (κ2) is 63.2. The minimum atomic E-state index is -0.426. The third-order valence-electron chi connectivity index (χ3n) is 18.7. The Balaban J connectivity index is 0.00000139. The van der Waals surface area contributed by atoms with Crippen LogP contribution in [0.1, 0.15) is 285 Å². The minimum absolute atomic E-state index is 0.0266. The molecule has 1 aliphatic carbocycles. The number of nitro groups is 1. The fraction of sp³-hybridized carbons (Fsp3) is 0.411. The van der Waals surface area contributed by atoms with E-state index < -0.39 is 4.92 Å². The number of nitrogens with two attached hydrogens (primary N) is 2. The summed E-state index contributed by atoms with van der Waals surface area (Å²) in [6, 6.07) is 61.2. The van der Waals surface area contributed by atoms with Gasteiger partial charge in [-0.3, -0.25) is 34.1 Å². The summed E-state index contributed by atoms with van der Waals surface area (Å²) in [6.45, 7) is 57.7. The van der Waals surface area contributed by atoms with Crippen molar-refractivity contribution >= 4 is 143 Å². The molecular weight excluding hydrogens is 1950 g/mol. The summed E-state index contributed by atoms with van der Waals surface area (Å²) in [7, 11) is 0. The first-order valence-corrected chi connectivity index (χ1v) is 48.3. The number of phenols is 2. The van der Waals surface area contributed by atoms with Crippen LogP contribution in [0.4, 0.5) is 17.1 Å². The number of aryl methyl sites for hydroxylation is 3. The number of carbonyl (C=O) groups excluding carboxylic acids is 7. The predicted molar refractivity (Wildman–Crippen MR) is 549 cm³/mol. The molecule has 16 nitrogen and oxygen atoms in total. The van der Waals surface area contributed by atoms with Gasteiger partial charge in [0.15, 0.2) is 11.5 Å². The molecule has 0 fully saturated rings. The molecule has 1 radical (unpaired) electrons. The summed E-state index contributed by atoms with van der Waals surface area (Å²) in [6.07, 6.45) is 4.77. The van der Waals surface area contributed by atoms with Gasteiger partial charge < -0.3 is 35.9 Å². The van der Waals surface area contributed by atoms with Crippen molar-refractivity contribution in [1.82, 2.24) is 0 Å². The summed E-state index contributed by atoms with van der Waals surface area (Å²) in [5.74, 6) is 4.63. The molecule has 0 atom stereocenters. The number of esters is 1. The number of hydrogen-bond acceptors (Lipinski definition) is 15. The van der Waals surface area contributed by atoms with Gasteiger partial charge in [0.1, 0.15) is 29.7 Å². The first kappa shape index (κ1) is 118. The zero-order valence-electron chi connectivity index (χ0n) is 80.3. The monoisotopic (exact) mass is 2090 g/mol. The Labute approximate surface area is 803 Å².